The highest BCUT2D eigenvalue weighted by Gasteiger charge is 2.51. The molecule has 11 rings (SSSR count). The average molecular weight is 728 g/mol. The molecule has 2 aliphatic rings. The molecule has 268 valence electrons. The van der Waals surface area contributed by atoms with Crippen molar-refractivity contribution in [1.82, 2.24) is 0 Å². The maximum atomic E-state index is 6.79. The third-order valence-corrected chi connectivity index (χ3v) is 11.7. The van der Waals surface area contributed by atoms with Crippen LogP contribution in [0.5, 0.6) is 11.5 Å². The molecule has 0 radical (unpaired) electrons. The number of anilines is 3. The summed E-state index contributed by atoms with van der Waals surface area (Å²) >= 11 is 0. The van der Waals surface area contributed by atoms with Gasteiger partial charge in [-0.1, -0.05) is 176 Å². The molecule has 0 atom stereocenters. The van der Waals surface area contributed by atoms with Gasteiger partial charge in [0.05, 0.1) is 16.8 Å². The Hall–Kier alpha value is -7.42. The monoisotopic (exact) mass is 727 g/mol. The van der Waals surface area contributed by atoms with E-state index >= 15 is 0 Å². The lowest BCUT2D eigenvalue weighted by molar-refractivity contribution is 0.434. The van der Waals surface area contributed by atoms with Crippen molar-refractivity contribution in [2.24, 2.45) is 0 Å². The summed E-state index contributed by atoms with van der Waals surface area (Å²) in [6.07, 6.45) is 0. The fraction of sp³-hybridized carbons (Fsp3) is 0.0182. The Balaban J connectivity index is 1.24. The van der Waals surface area contributed by atoms with Crippen molar-refractivity contribution in [1.29, 1.82) is 0 Å². The van der Waals surface area contributed by atoms with Crippen LogP contribution in [0.3, 0.4) is 0 Å². The smallest absolute Gasteiger partial charge is 0.132 e. The molecule has 1 spiro atoms. The molecule has 9 aromatic rings. The van der Waals surface area contributed by atoms with Gasteiger partial charge in [-0.25, -0.2) is 0 Å². The van der Waals surface area contributed by atoms with E-state index in [0.29, 0.717) is 0 Å². The highest BCUT2D eigenvalue weighted by molar-refractivity contribution is 5.95. The molecule has 2 heteroatoms. The molecule has 2 nitrogen and oxygen atoms in total. The Kier molecular flexibility index (Phi) is 7.75. The van der Waals surface area contributed by atoms with Gasteiger partial charge < -0.3 is 9.64 Å². The van der Waals surface area contributed by atoms with E-state index in [1.807, 2.05) is 0 Å². The van der Waals surface area contributed by atoms with E-state index < -0.39 is 5.41 Å². The molecule has 2 heterocycles. The van der Waals surface area contributed by atoms with Gasteiger partial charge in [-0.15, -0.1) is 0 Å². The normalized spacial score (nSPS) is 13.2. The highest BCUT2D eigenvalue weighted by atomic mass is 16.5. The Bertz CT molecular complexity index is 2870. The molecule has 9 aromatic carbocycles. The third kappa shape index (κ3) is 5.26. The maximum Gasteiger partial charge on any atom is 0.132 e. The number of hydrogen-bond donors (Lipinski definition) is 0. The first-order valence-electron chi connectivity index (χ1n) is 19.6. The Morgan fingerprint density at radius 2 is 0.702 bits per heavy atom. The van der Waals surface area contributed by atoms with E-state index in [0.717, 1.165) is 45.3 Å². The second-order valence-electron chi connectivity index (χ2n) is 14.8. The van der Waals surface area contributed by atoms with Gasteiger partial charge in [-0.3, -0.25) is 0 Å². The molecule has 0 saturated carbocycles. The van der Waals surface area contributed by atoms with E-state index in [-0.39, 0.29) is 0 Å². The molecule has 2 aliphatic heterocycles. The molecular formula is C55H37NO. The fourth-order valence-electron chi connectivity index (χ4n) is 9.21. The van der Waals surface area contributed by atoms with Crippen molar-refractivity contribution in [3.05, 3.63) is 247 Å². The van der Waals surface area contributed by atoms with Gasteiger partial charge in [0.25, 0.3) is 0 Å². The van der Waals surface area contributed by atoms with Crippen LogP contribution in [0.4, 0.5) is 17.1 Å². The molecule has 0 saturated heterocycles. The zero-order valence-corrected chi connectivity index (χ0v) is 31.2. The molecule has 0 unspecified atom stereocenters. The first-order chi connectivity index (χ1) is 28.3. The minimum atomic E-state index is -0.709. The molecule has 0 fully saturated rings. The van der Waals surface area contributed by atoms with Crippen LogP contribution in [0, 0.1) is 0 Å². The topological polar surface area (TPSA) is 12.5 Å². The zero-order chi connectivity index (χ0) is 37.8. The third-order valence-electron chi connectivity index (χ3n) is 11.7. The zero-order valence-electron chi connectivity index (χ0n) is 31.2. The van der Waals surface area contributed by atoms with Crippen molar-refractivity contribution >= 4 is 17.1 Å². The van der Waals surface area contributed by atoms with Crippen LogP contribution in [-0.2, 0) is 5.41 Å². The Morgan fingerprint density at radius 3 is 1.28 bits per heavy atom. The van der Waals surface area contributed by atoms with E-state index in [2.05, 4.69) is 229 Å². The summed E-state index contributed by atoms with van der Waals surface area (Å²) in [6.45, 7) is 0. The molecule has 57 heavy (non-hydrogen) atoms. The number of rotatable bonds is 5. The highest BCUT2D eigenvalue weighted by Crippen LogP contribution is 2.63. The van der Waals surface area contributed by atoms with Crippen molar-refractivity contribution in [2.45, 2.75) is 5.41 Å². The average Bonchev–Trinajstić information content (AvgIpc) is 3.30. The maximum absolute atomic E-state index is 6.79. The largest absolute Gasteiger partial charge is 0.457 e. The van der Waals surface area contributed by atoms with Crippen LogP contribution in [-0.4, -0.2) is 0 Å². The summed E-state index contributed by atoms with van der Waals surface area (Å²) in [7, 11) is 0. The quantitative estimate of drug-likeness (QED) is 0.175. The Labute approximate surface area is 333 Å². The van der Waals surface area contributed by atoms with Crippen LogP contribution < -0.4 is 9.64 Å². The van der Waals surface area contributed by atoms with Crippen LogP contribution in [0.15, 0.2) is 224 Å². The lowest BCUT2D eigenvalue weighted by Crippen LogP contribution is -2.39. The van der Waals surface area contributed by atoms with Crippen LogP contribution in [0.25, 0.3) is 44.5 Å². The second-order valence-corrected chi connectivity index (χ2v) is 14.8. The standard InChI is InChI=1S/C55H37NO/c1-4-16-38(17-5-1)40-28-32-44(33-29-40)56-51-34-30-42(39-18-6-2-7-19-39)36-49(51)55(47-24-12-14-26-53(47)57-54-27-15-13-25-48(54)55)50-37-43(31-35-52(50)56)46-23-11-10-22-45(46)41-20-8-3-9-21-41/h1-37H. The van der Waals surface area contributed by atoms with Gasteiger partial charge in [0.2, 0.25) is 0 Å². The van der Waals surface area contributed by atoms with Crippen molar-refractivity contribution in [2.75, 3.05) is 4.90 Å². The van der Waals surface area contributed by atoms with E-state index in [9.17, 15) is 0 Å². The summed E-state index contributed by atoms with van der Waals surface area (Å²) in [5, 5.41) is 0. The molecular weight excluding hydrogens is 691 g/mol. The van der Waals surface area contributed by atoms with E-state index in [1.54, 1.807) is 0 Å². The van der Waals surface area contributed by atoms with Gasteiger partial charge in [0.15, 0.2) is 0 Å². The summed E-state index contributed by atoms with van der Waals surface area (Å²) in [6, 6.07) is 81.3. The summed E-state index contributed by atoms with van der Waals surface area (Å²) < 4.78 is 6.79. The summed E-state index contributed by atoms with van der Waals surface area (Å²) in [5.41, 5.74) is 16.8. The van der Waals surface area contributed by atoms with Crippen LogP contribution in [0.2, 0.25) is 0 Å². The molecule has 0 aromatic heterocycles. The Morgan fingerprint density at radius 1 is 0.298 bits per heavy atom. The van der Waals surface area contributed by atoms with Crippen molar-refractivity contribution < 1.29 is 4.74 Å². The van der Waals surface area contributed by atoms with E-state index in [1.165, 1.54) is 50.1 Å². The SMILES string of the molecule is c1ccc(-c2ccc(N3c4ccc(-c5ccccc5)cc4C4(c5ccccc5Oc5ccccc54)c4cc(-c5ccccc5-c5ccccc5)ccc43)cc2)cc1. The lowest BCUT2D eigenvalue weighted by Gasteiger charge is -2.49. The van der Waals surface area contributed by atoms with Crippen molar-refractivity contribution in [3.8, 4) is 56.0 Å². The fourth-order valence-corrected chi connectivity index (χ4v) is 9.21. The van der Waals surface area contributed by atoms with Crippen LogP contribution >= 0.6 is 0 Å². The first kappa shape index (κ1) is 33.0. The van der Waals surface area contributed by atoms with Gasteiger partial charge >= 0.3 is 0 Å². The molecule has 0 aliphatic carbocycles. The minimum absolute atomic E-state index is 0.709. The minimum Gasteiger partial charge on any atom is -0.457 e. The first-order valence-corrected chi connectivity index (χ1v) is 19.6. The summed E-state index contributed by atoms with van der Waals surface area (Å²) in [4.78, 5) is 2.47. The van der Waals surface area contributed by atoms with Crippen LogP contribution in [0.1, 0.15) is 22.3 Å². The van der Waals surface area contributed by atoms with Gasteiger partial charge in [-0.2, -0.15) is 0 Å². The molecule has 0 N–H and O–H groups in total. The lowest BCUT2D eigenvalue weighted by atomic mass is 9.60. The number of fused-ring (bicyclic) bond motifs is 8. The number of para-hydroxylation sites is 2. The van der Waals surface area contributed by atoms with Gasteiger partial charge in [-0.05, 0) is 104 Å². The van der Waals surface area contributed by atoms with Gasteiger partial charge in [0.1, 0.15) is 11.5 Å². The van der Waals surface area contributed by atoms with Crippen molar-refractivity contribution in [3.63, 3.8) is 0 Å². The predicted molar refractivity (Wildman–Crippen MR) is 235 cm³/mol. The second kappa shape index (κ2) is 13.4. The summed E-state index contributed by atoms with van der Waals surface area (Å²) in [5.74, 6) is 1.74. The van der Waals surface area contributed by atoms with E-state index in [4.69, 9.17) is 4.74 Å². The number of hydrogen-bond acceptors (Lipinski definition) is 2. The molecule has 0 amide bonds. The number of benzene rings is 9. The predicted octanol–water partition coefficient (Wildman–Crippen LogP) is 14.6. The molecule has 0 bridgehead atoms. The van der Waals surface area contributed by atoms with Gasteiger partial charge in [0, 0.05) is 16.8 Å². The number of ether oxygens (including phenoxy) is 1. The number of nitrogens with zero attached hydrogens (tertiary/aromatic N) is 1.